The van der Waals surface area contributed by atoms with E-state index in [1.807, 2.05) is 6.92 Å². The number of rotatable bonds is 7. The minimum atomic E-state index is -3.74. The molecule has 0 saturated heterocycles. The molecule has 3 aromatic rings. The van der Waals surface area contributed by atoms with Crippen LogP contribution < -0.4 is 10.0 Å². The molecule has 3 rings (SSSR count). The molecule has 0 heterocycles. The second-order valence-electron chi connectivity index (χ2n) is 6.63. The highest BCUT2D eigenvalue weighted by atomic mass is 32.2. The Kier molecular flexibility index (Phi) is 6.29. The van der Waals surface area contributed by atoms with Crippen molar-refractivity contribution in [1.29, 1.82) is 0 Å². The van der Waals surface area contributed by atoms with E-state index in [2.05, 4.69) is 10.0 Å². The lowest BCUT2D eigenvalue weighted by molar-refractivity contribution is 0.0954. The molecule has 0 aliphatic rings. The standard InChI is InChI=1S/C22H21FN2O3S/c1-16-5-11-21(12-6-16)29(27,28)25-20-4-2-3-18(15-20)22(26)24-14-13-17-7-9-19(23)10-8-17/h2-12,15,25H,13-14H2,1H3,(H,24,26). The monoisotopic (exact) mass is 412 g/mol. The fourth-order valence-electron chi connectivity index (χ4n) is 2.73. The lowest BCUT2D eigenvalue weighted by Crippen LogP contribution is -2.25. The third-order valence-electron chi connectivity index (χ3n) is 4.32. The minimum absolute atomic E-state index is 0.150. The molecular formula is C22H21FN2O3S. The molecule has 7 heteroatoms. The van der Waals surface area contributed by atoms with Crippen molar-refractivity contribution in [2.45, 2.75) is 18.2 Å². The number of hydrogen-bond donors (Lipinski definition) is 2. The van der Waals surface area contributed by atoms with Crippen molar-refractivity contribution in [3.63, 3.8) is 0 Å². The number of halogens is 1. The zero-order chi connectivity index (χ0) is 20.9. The van der Waals surface area contributed by atoms with E-state index in [1.165, 1.54) is 30.3 Å². The van der Waals surface area contributed by atoms with Crippen molar-refractivity contribution in [3.8, 4) is 0 Å². The Labute approximate surface area is 169 Å². The van der Waals surface area contributed by atoms with Gasteiger partial charge >= 0.3 is 0 Å². The van der Waals surface area contributed by atoms with Gasteiger partial charge in [0, 0.05) is 17.8 Å². The van der Waals surface area contributed by atoms with Gasteiger partial charge in [0.1, 0.15) is 5.82 Å². The summed E-state index contributed by atoms with van der Waals surface area (Å²) in [5.41, 5.74) is 2.51. The Morgan fingerprint density at radius 2 is 1.66 bits per heavy atom. The number of aryl methyl sites for hydroxylation is 1. The van der Waals surface area contributed by atoms with E-state index >= 15 is 0 Å². The first-order chi connectivity index (χ1) is 13.8. The van der Waals surface area contributed by atoms with E-state index in [1.54, 1.807) is 42.5 Å². The maximum Gasteiger partial charge on any atom is 0.261 e. The molecule has 0 radical (unpaired) electrons. The van der Waals surface area contributed by atoms with Crippen LogP contribution in [0.25, 0.3) is 0 Å². The molecule has 0 fully saturated rings. The number of anilines is 1. The highest BCUT2D eigenvalue weighted by Gasteiger charge is 2.15. The average molecular weight is 412 g/mol. The Morgan fingerprint density at radius 1 is 0.966 bits per heavy atom. The summed E-state index contributed by atoms with van der Waals surface area (Å²) in [6.45, 7) is 2.26. The van der Waals surface area contributed by atoms with Crippen LogP contribution in [0, 0.1) is 12.7 Å². The zero-order valence-electron chi connectivity index (χ0n) is 15.9. The molecule has 0 aromatic heterocycles. The van der Waals surface area contributed by atoms with Crippen molar-refractivity contribution in [1.82, 2.24) is 5.32 Å². The molecule has 0 atom stereocenters. The van der Waals surface area contributed by atoms with Gasteiger partial charge < -0.3 is 5.32 Å². The fraction of sp³-hybridized carbons (Fsp3) is 0.136. The van der Waals surface area contributed by atoms with E-state index < -0.39 is 10.0 Å². The maximum absolute atomic E-state index is 12.9. The van der Waals surface area contributed by atoms with Crippen molar-refractivity contribution >= 4 is 21.6 Å². The molecule has 1 amide bonds. The second-order valence-corrected chi connectivity index (χ2v) is 8.31. The first-order valence-corrected chi connectivity index (χ1v) is 10.5. The third-order valence-corrected chi connectivity index (χ3v) is 5.72. The lowest BCUT2D eigenvalue weighted by atomic mass is 10.1. The summed E-state index contributed by atoms with van der Waals surface area (Å²) in [7, 11) is -3.74. The molecule has 0 aliphatic heterocycles. The summed E-state index contributed by atoms with van der Waals surface area (Å²) < 4.78 is 40.4. The molecule has 2 N–H and O–H groups in total. The van der Waals surface area contributed by atoms with E-state index in [0.717, 1.165) is 11.1 Å². The Hall–Kier alpha value is -3.19. The smallest absolute Gasteiger partial charge is 0.261 e. The number of hydrogen-bond acceptors (Lipinski definition) is 3. The topological polar surface area (TPSA) is 75.3 Å². The molecule has 0 saturated carbocycles. The van der Waals surface area contributed by atoms with Crippen LogP contribution in [0.3, 0.4) is 0 Å². The molecule has 150 valence electrons. The summed E-state index contributed by atoms with van der Waals surface area (Å²) in [6.07, 6.45) is 0.561. The Bertz CT molecular complexity index is 1100. The normalized spacial score (nSPS) is 11.1. The van der Waals surface area contributed by atoms with Crippen LogP contribution in [0.2, 0.25) is 0 Å². The van der Waals surface area contributed by atoms with Gasteiger partial charge in [-0.2, -0.15) is 0 Å². The molecule has 0 bridgehead atoms. The van der Waals surface area contributed by atoms with Gasteiger partial charge in [0.2, 0.25) is 0 Å². The molecule has 29 heavy (non-hydrogen) atoms. The van der Waals surface area contributed by atoms with Crippen LogP contribution in [0.5, 0.6) is 0 Å². The van der Waals surface area contributed by atoms with E-state index in [4.69, 9.17) is 0 Å². The number of carbonyl (C=O) groups is 1. The summed E-state index contributed by atoms with van der Waals surface area (Å²) in [4.78, 5) is 12.5. The van der Waals surface area contributed by atoms with Crippen LogP contribution in [0.1, 0.15) is 21.5 Å². The first kappa shape index (κ1) is 20.5. The summed E-state index contributed by atoms with van der Waals surface area (Å²) in [6, 6.07) is 18.9. The van der Waals surface area contributed by atoms with Crippen LogP contribution in [-0.2, 0) is 16.4 Å². The van der Waals surface area contributed by atoms with Crippen LogP contribution >= 0.6 is 0 Å². The van der Waals surface area contributed by atoms with Gasteiger partial charge in [-0.3, -0.25) is 9.52 Å². The largest absolute Gasteiger partial charge is 0.352 e. The predicted molar refractivity (Wildman–Crippen MR) is 111 cm³/mol. The highest BCUT2D eigenvalue weighted by molar-refractivity contribution is 7.92. The molecule has 5 nitrogen and oxygen atoms in total. The van der Waals surface area contributed by atoms with Crippen LogP contribution in [0.15, 0.2) is 77.7 Å². The number of benzene rings is 3. The van der Waals surface area contributed by atoms with Crippen molar-refractivity contribution in [3.05, 3.63) is 95.3 Å². The number of nitrogens with one attached hydrogen (secondary N) is 2. The number of sulfonamides is 1. The summed E-state index contributed by atoms with van der Waals surface area (Å²) in [5, 5.41) is 2.78. The van der Waals surface area contributed by atoms with Gasteiger partial charge in [-0.25, -0.2) is 12.8 Å². The van der Waals surface area contributed by atoms with Crippen molar-refractivity contribution in [2.75, 3.05) is 11.3 Å². The SMILES string of the molecule is Cc1ccc(S(=O)(=O)Nc2cccc(C(=O)NCCc3ccc(F)cc3)c2)cc1. The number of carbonyl (C=O) groups excluding carboxylic acids is 1. The number of amides is 1. The van der Waals surface area contributed by atoms with E-state index in [9.17, 15) is 17.6 Å². The average Bonchev–Trinajstić information content (AvgIpc) is 2.69. The molecule has 0 unspecified atom stereocenters. The van der Waals surface area contributed by atoms with Gasteiger partial charge in [0.15, 0.2) is 0 Å². The van der Waals surface area contributed by atoms with Crippen LogP contribution in [0.4, 0.5) is 10.1 Å². The maximum atomic E-state index is 12.9. The minimum Gasteiger partial charge on any atom is -0.352 e. The highest BCUT2D eigenvalue weighted by Crippen LogP contribution is 2.18. The molecular weight excluding hydrogens is 391 g/mol. The fourth-order valence-corrected chi connectivity index (χ4v) is 3.78. The van der Waals surface area contributed by atoms with Crippen LogP contribution in [-0.4, -0.2) is 20.9 Å². The summed E-state index contributed by atoms with van der Waals surface area (Å²) >= 11 is 0. The summed E-state index contributed by atoms with van der Waals surface area (Å²) in [5.74, 6) is -0.619. The van der Waals surface area contributed by atoms with Gasteiger partial charge in [-0.15, -0.1) is 0 Å². The third kappa shape index (κ3) is 5.65. The van der Waals surface area contributed by atoms with Gasteiger partial charge in [-0.1, -0.05) is 35.9 Å². The second kappa shape index (κ2) is 8.87. The van der Waals surface area contributed by atoms with Gasteiger partial charge in [-0.05, 0) is 61.4 Å². The molecule has 0 aliphatic carbocycles. The Balaban J connectivity index is 1.63. The van der Waals surface area contributed by atoms with Crippen molar-refractivity contribution < 1.29 is 17.6 Å². The van der Waals surface area contributed by atoms with Gasteiger partial charge in [0.25, 0.3) is 15.9 Å². The first-order valence-electron chi connectivity index (χ1n) is 9.06. The zero-order valence-corrected chi connectivity index (χ0v) is 16.7. The molecule has 3 aromatic carbocycles. The lowest BCUT2D eigenvalue weighted by Gasteiger charge is -2.10. The molecule has 0 spiro atoms. The van der Waals surface area contributed by atoms with E-state index in [-0.39, 0.29) is 16.6 Å². The van der Waals surface area contributed by atoms with E-state index in [0.29, 0.717) is 24.2 Å². The Morgan fingerprint density at radius 3 is 2.34 bits per heavy atom. The predicted octanol–water partition coefficient (Wildman–Crippen LogP) is 3.91. The van der Waals surface area contributed by atoms with Gasteiger partial charge in [0.05, 0.1) is 4.90 Å². The quantitative estimate of drug-likeness (QED) is 0.618. The van der Waals surface area contributed by atoms with Crippen molar-refractivity contribution in [2.24, 2.45) is 0 Å².